The van der Waals surface area contributed by atoms with E-state index in [4.69, 9.17) is 5.11 Å². The van der Waals surface area contributed by atoms with Crippen molar-refractivity contribution in [3.8, 4) is 11.8 Å². The normalized spacial score (nSPS) is 15.6. The second-order valence-electron chi connectivity index (χ2n) is 5.75. The molecule has 1 fully saturated rings. The topological polar surface area (TPSA) is 49.3 Å². The van der Waals surface area contributed by atoms with Gasteiger partial charge in [-0.1, -0.05) is 18.8 Å². The van der Waals surface area contributed by atoms with E-state index in [9.17, 15) is 4.79 Å². The monoisotopic (exact) mass is 285 g/mol. The van der Waals surface area contributed by atoms with E-state index in [1.165, 1.54) is 6.42 Å². The molecule has 0 atom stereocenters. The first-order valence-corrected chi connectivity index (χ1v) is 7.63. The summed E-state index contributed by atoms with van der Waals surface area (Å²) in [7, 11) is 0. The van der Waals surface area contributed by atoms with Crippen LogP contribution in [0.1, 0.15) is 60.5 Å². The van der Waals surface area contributed by atoms with Crippen molar-refractivity contribution >= 4 is 5.91 Å². The van der Waals surface area contributed by atoms with Crippen LogP contribution in [0.15, 0.2) is 18.2 Å². The second kappa shape index (κ2) is 6.78. The Balaban J connectivity index is 2.09. The number of benzene rings is 1. The molecule has 1 amide bonds. The number of carbonyl (C=O) groups excluding carboxylic acids is 1. The Morgan fingerprint density at radius 3 is 2.71 bits per heavy atom. The highest BCUT2D eigenvalue weighted by Crippen LogP contribution is 2.34. The Kier molecular flexibility index (Phi) is 5.03. The van der Waals surface area contributed by atoms with E-state index in [2.05, 4.69) is 24.1 Å². The average Bonchev–Trinajstić information content (AvgIpc) is 2.44. The molecule has 1 aliphatic rings. The number of amides is 1. The molecule has 0 radical (unpaired) electrons. The molecule has 2 rings (SSSR count). The Morgan fingerprint density at radius 1 is 1.43 bits per heavy atom. The van der Waals surface area contributed by atoms with Crippen molar-refractivity contribution in [2.75, 3.05) is 6.61 Å². The predicted octanol–water partition coefficient (Wildman–Crippen LogP) is 2.79. The lowest BCUT2D eigenvalue weighted by Crippen LogP contribution is -2.52. The molecule has 1 aliphatic carbocycles. The number of carbonyl (C=O) groups is 1. The minimum atomic E-state index is 0.00881. The van der Waals surface area contributed by atoms with Crippen LogP contribution in [0.25, 0.3) is 0 Å². The van der Waals surface area contributed by atoms with Crippen LogP contribution in [0.3, 0.4) is 0 Å². The van der Waals surface area contributed by atoms with E-state index in [-0.39, 0.29) is 18.1 Å². The molecule has 1 aromatic rings. The minimum absolute atomic E-state index is 0.00881. The van der Waals surface area contributed by atoms with Crippen molar-refractivity contribution < 1.29 is 9.90 Å². The smallest absolute Gasteiger partial charge is 0.251 e. The van der Waals surface area contributed by atoms with E-state index in [0.717, 1.165) is 30.4 Å². The first-order valence-electron chi connectivity index (χ1n) is 7.63. The molecule has 0 spiro atoms. The number of nitrogens with one attached hydrogen (secondary N) is 1. The molecule has 0 saturated heterocycles. The molecule has 112 valence electrons. The maximum Gasteiger partial charge on any atom is 0.251 e. The molecule has 2 N–H and O–H groups in total. The summed E-state index contributed by atoms with van der Waals surface area (Å²) in [6.07, 6.45) is 4.83. The van der Waals surface area contributed by atoms with Crippen LogP contribution in [-0.4, -0.2) is 23.2 Å². The van der Waals surface area contributed by atoms with Gasteiger partial charge in [0.05, 0.1) is 6.61 Å². The summed E-state index contributed by atoms with van der Waals surface area (Å²) in [5.41, 5.74) is 2.62. The van der Waals surface area contributed by atoms with Gasteiger partial charge in [-0.25, -0.2) is 0 Å². The van der Waals surface area contributed by atoms with Crippen LogP contribution in [0.5, 0.6) is 0 Å². The first kappa shape index (κ1) is 15.6. The van der Waals surface area contributed by atoms with Gasteiger partial charge in [-0.2, -0.15) is 0 Å². The lowest BCUT2D eigenvalue weighted by atomic mass is 9.74. The lowest BCUT2D eigenvalue weighted by molar-refractivity contribution is 0.0820. The summed E-state index contributed by atoms with van der Waals surface area (Å²) in [5.74, 6) is 5.93. The van der Waals surface area contributed by atoms with Crippen molar-refractivity contribution in [3.63, 3.8) is 0 Å². The van der Waals surface area contributed by atoms with Crippen LogP contribution in [-0.2, 0) is 0 Å². The summed E-state index contributed by atoms with van der Waals surface area (Å²) >= 11 is 0. The molecule has 21 heavy (non-hydrogen) atoms. The molecule has 1 saturated carbocycles. The summed E-state index contributed by atoms with van der Waals surface area (Å²) < 4.78 is 0. The first-order chi connectivity index (χ1) is 10.1. The summed E-state index contributed by atoms with van der Waals surface area (Å²) in [6, 6.07) is 5.60. The minimum Gasteiger partial charge on any atom is -0.395 e. The van der Waals surface area contributed by atoms with Gasteiger partial charge in [-0.3, -0.25) is 4.79 Å². The van der Waals surface area contributed by atoms with E-state index in [1.807, 2.05) is 25.1 Å². The fourth-order valence-corrected chi connectivity index (χ4v) is 2.64. The molecule has 0 unspecified atom stereocenters. The van der Waals surface area contributed by atoms with E-state index >= 15 is 0 Å². The zero-order valence-corrected chi connectivity index (χ0v) is 12.8. The van der Waals surface area contributed by atoms with Crippen molar-refractivity contribution in [1.82, 2.24) is 5.32 Å². The third-order valence-electron chi connectivity index (χ3n) is 4.31. The number of rotatable bonds is 4. The third kappa shape index (κ3) is 3.65. The maximum atomic E-state index is 12.4. The molecule has 0 bridgehead atoms. The van der Waals surface area contributed by atoms with Crippen molar-refractivity contribution in [2.45, 2.75) is 51.5 Å². The zero-order valence-electron chi connectivity index (χ0n) is 12.8. The zero-order chi connectivity index (χ0) is 15.3. The van der Waals surface area contributed by atoms with Gasteiger partial charge < -0.3 is 10.4 Å². The number of hydrogen-bond acceptors (Lipinski definition) is 2. The highest BCUT2D eigenvalue weighted by molar-refractivity contribution is 5.95. The van der Waals surface area contributed by atoms with Gasteiger partial charge in [-0.15, -0.1) is 0 Å². The van der Waals surface area contributed by atoms with Gasteiger partial charge in [0.25, 0.3) is 5.91 Å². The van der Waals surface area contributed by atoms with Crippen LogP contribution in [0.2, 0.25) is 0 Å². The van der Waals surface area contributed by atoms with Crippen molar-refractivity contribution in [1.29, 1.82) is 0 Å². The van der Waals surface area contributed by atoms with Crippen LogP contribution < -0.4 is 5.32 Å². The fourth-order valence-electron chi connectivity index (χ4n) is 2.64. The highest BCUT2D eigenvalue weighted by Gasteiger charge is 2.36. The van der Waals surface area contributed by atoms with E-state index in [0.29, 0.717) is 12.0 Å². The van der Waals surface area contributed by atoms with Gasteiger partial charge in [0.1, 0.15) is 0 Å². The number of aliphatic hydroxyl groups excluding tert-OH is 1. The molecule has 3 nitrogen and oxygen atoms in total. The Bertz CT molecular complexity index is 571. The van der Waals surface area contributed by atoms with Gasteiger partial charge in [-0.05, 0) is 56.4 Å². The maximum absolute atomic E-state index is 12.4. The summed E-state index contributed by atoms with van der Waals surface area (Å²) in [4.78, 5) is 12.4. The van der Waals surface area contributed by atoms with Crippen LogP contribution >= 0.6 is 0 Å². The standard InChI is InChI=1S/C18H23NO2/c1-3-18(10-6-11-18)19-17(21)16-9-8-15(14(2)13-16)7-4-5-12-20/h8-9,13,20H,3,5-6,10-12H2,1-2H3,(H,19,21). The highest BCUT2D eigenvalue weighted by atomic mass is 16.2. The SMILES string of the molecule is CCC1(NC(=O)c2ccc(C#CCCO)c(C)c2)CCC1. The van der Waals surface area contributed by atoms with Crippen molar-refractivity contribution in [2.24, 2.45) is 0 Å². The second-order valence-corrected chi connectivity index (χ2v) is 5.75. The molecular weight excluding hydrogens is 262 g/mol. The summed E-state index contributed by atoms with van der Waals surface area (Å²) in [5, 5.41) is 11.9. The molecular formula is C18H23NO2. The van der Waals surface area contributed by atoms with Gasteiger partial charge in [0.2, 0.25) is 0 Å². The lowest BCUT2D eigenvalue weighted by Gasteiger charge is -2.42. The van der Waals surface area contributed by atoms with Gasteiger partial charge in [0, 0.05) is 23.1 Å². The number of hydrogen-bond donors (Lipinski definition) is 2. The number of aryl methyl sites for hydroxylation is 1. The number of aliphatic hydroxyl groups is 1. The Labute approximate surface area is 126 Å². The predicted molar refractivity (Wildman–Crippen MR) is 84.1 cm³/mol. The van der Waals surface area contributed by atoms with Gasteiger partial charge >= 0.3 is 0 Å². The average molecular weight is 285 g/mol. The third-order valence-corrected chi connectivity index (χ3v) is 4.31. The Morgan fingerprint density at radius 2 is 2.19 bits per heavy atom. The Hall–Kier alpha value is -1.79. The molecule has 0 heterocycles. The van der Waals surface area contributed by atoms with Crippen molar-refractivity contribution in [3.05, 3.63) is 34.9 Å². The van der Waals surface area contributed by atoms with E-state index < -0.39 is 0 Å². The molecule has 0 aromatic heterocycles. The summed E-state index contributed by atoms with van der Waals surface area (Å²) in [6.45, 7) is 4.16. The van der Waals surface area contributed by atoms with E-state index in [1.54, 1.807) is 0 Å². The van der Waals surface area contributed by atoms with Crippen LogP contribution in [0.4, 0.5) is 0 Å². The molecule has 0 aliphatic heterocycles. The van der Waals surface area contributed by atoms with Crippen LogP contribution in [0, 0.1) is 18.8 Å². The largest absolute Gasteiger partial charge is 0.395 e. The molecule has 1 aromatic carbocycles. The quantitative estimate of drug-likeness (QED) is 0.836. The van der Waals surface area contributed by atoms with Gasteiger partial charge in [0.15, 0.2) is 0 Å². The molecule has 3 heteroatoms. The fraction of sp³-hybridized carbons (Fsp3) is 0.500.